The van der Waals surface area contributed by atoms with Gasteiger partial charge in [0.25, 0.3) is 0 Å². The third-order valence-electron chi connectivity index (χ3n) is 3.27. The SMILES string of the molecule is CCCCNC(=NCc1ncc(-c2ccccc2)[nH]1)NCC. The lowest BCUT2D eigenvalue weighted by atomic mass is 10.2. The summed E-state index contributed by atoms with van der Waals surface area (Å²) in [6.45, 7) is 6.58. The number of guanidine groups is 1. The predicted octanol–water partition coefficient (Wildman–Crippen LogP) is 2.93. The van der Waals surface area contributed by atoms with Gasteiger partial charge in [-0.25, -0.2) is 9.98 Å². The number of H-pyrrole nitrogens is 1. The number of hydrogen-bond donors (Lipinski definition) is 3. The van der Waals surface area contributed by atoms with Crippen molar-refractivity contribution in [2.45, 2.75) is 33.2 Å². The Hall–Kier alpha value is -2.30. The van der Waals surface area contributed by atoms with Crippen molar-refractivity contribution in [1.29, 1.82) is 0 Å². The summed E-state index contributed by atoms with van der Waals surface area (Å²) in [5.41, 5.74) is 2.16. The molecule has 22 heavy (non-hydrogen) atoms. The quantitative estimate of drug-likeness (QED) is 0.418. The number of aromatic nitrogens is 2. The second-order valence-electron chi connectivity index (χ2n) is 5.09. The molecule has 1 aromatic carbocycles. The fraction of sp³-hybridized carbons (Fsp3) is 0.412. The van der Waals surface area contributed by atoms with Gasteiger partial charge in [0, 0.05) is 13.1 Å². The number of nitrogens with one attached hydrogen (secondary N) is 3. The fourth-order valence-electron chi connectivity index (χ4n) is 2.09. The zero-order valence-electron chi connectivity index (χ0n) is 13.4. The molecule has 5 heteroatoms. The molecule has 118 valence electrons. The van der Waals surface area contributed by atoms with E-state index in [1.807, 2.05) is 24.4 Å². The first-order valence-corrected chi connectivity index (χ1v) is 7.95. The average Bonchev–Trinajstić information content (AvgIpc) is 3.03. The third kappa shape index (κ3) is 4.91. The summed E-state index contributed by atoms with van der Waals surface area (Å²) in [5.74, 6) is 1.71. The maximum absolute atomic E-state index is 4.56. The van der Waals surface area contributed by atoms with Crippen molar-refractivity contribution < 1.29 is 0 Å². The lowest BCUT2D eigenvalue weighted by molar-refractivity contribution is 0.728. The van der Waals surface area contributed by atoms with Gasteiger partial charge in [-0.05, 0) is 18.9 Å². The molecule has 0 spiro atoms. The van der Waals surface area contributed by atoms with E-state index in [1.54, 1.807) is 0 Å². The number of benzene rings is 1. The van der Waals surface area contributed by atoms with Gasteiger partial charge in [0.1, 0.15) is 12.4 Å². The molecule has 0 saturated heterocycles. The van der Waals surface area contributed by atoms with Crippen LogP contribution in [0.4, 0.5) is 0 Å². The van der Waals surface area contributed by atoms with Crippen molar-refractivity contribution in [3.05, 3.63) is 42.4 Å². The highest BCUT2D eigenvalue weighted by atomic mass is 15.2. The summed E-state index contributed by atoms with van der Waals surface area (Å²) in [6.07, 6.45) is 4.17. The van der Waals surface area contributed by atoms with E-state index < -0.39 is 0 Å². The summed E-state index contributed by atoms with van der Waals surface area (Å²) in [4.78, 5) is 12.3. The van der Waals surface area contributed by atoms with Gasteiger partial charge in [0.05, 0.1) is 11.9 Å². The molecule has 0 bridgehead atoms. The van der Waals surface area contributed by atoms with Crippen molar-refractivity contribution in [2.75, 3.05) is 13.1 Å². The molecular weight excluding hydrogens is 274 g/mol. The molecule has 0 atom stereocenters. The zero-order valence-corrected chi connectivity index (χ0v) is 13.4. The molecule has 0 aliphatic heterocycles. The van der Waals surface area contributed by atoms with E-state index in [1.165, 1.54) is 6.42 Å². The first-order valence-electron chi connectivity index (χ1n) is 7.95. The van der Waals surface area contributed by atoms with E-state index in [4.69, 9.17) is 0 Å². The molecule has 2 aromatic rings. The summed E-state index contributed by atoms with van der Waals surface area (Å²) in [7, 11) is 0. The number of imidazole rings is 1. The van der Waals surface area contributed by atoms with Gasteiger partial charge >= 0.3 is 0 Å². The fourth-order valence-corrected chi connectivity index (χ4v) is 2.09. The van der Waals surface area contributed by atoms with Crippen LogP contribution >= 0.6 is 0 Å². The van der Waals surface area contributed by atoms with Crippen LogP contribution in [0.1, 0.15) is 32.5 Å². The van der Waals surface area contributed by atoms with Crippen LogP contribution in [-0.2, 0) is 6.54 Å². The maximum atomic E-state index is 4.56. The standard InChI is InChI=1S/C17H25N5/c1-3-5-11-19-17(18-4-2)21-13-16-20-12-15(22-16)14-9-7-6-8-10-14/h6-10,12H,3-5,11,13H2,1-2H3,(H,20,22)(H2,18,19,21). The lowest BCUT2D eigenvalue weighted by Crippen LogP contribution is -2.37. The summed E-state index contributed by atoms with van der Waals surface area (Å²) in [5, 5.41) is 6.58. The smallest absolute Gasteiger partial charge is 0.191 e. The summed E-state index contributed by atoms with van der Waals surface area (Å²) >= 11 is 0. The van der Waals surface area contributed by atoms with Gasteiger partial charge in [-0.3, -0.25) is 0 Å². The largest absolute Gasteiger partial charge is 0.357 e. The van der Waals surface area contributed by atoms with E-state index in [0.29, 0.717) is 6.54 Å². The normalized spacial score (nSPS) is 11.5. The number of hydrogen-bond acceptors (Lipinski definition) is 2. The molecule has 0 fully saturated rings. The van der Waals surface area contributed by atoms with Gasteiger partial charge in [-0.1, -0.05) is 43.7 Å². The maximum Gasteiger partial charge on any atom is 0.191 e. The Morgan fingerprint density at radius 3 is 2.73 bits per heavy atom. The zero-order chi connectivity index (χ0) is 15.6. The van der Waals surface area contributed by atoms with Gasteiger partial charge in [0.15, 0.2) is 5.96 Å². The molecular formula is C17H25N5. The molecule has 0 saturated carbocycles. The molecule has 0 amide bonds. The number of aliphatic imine (C=N–C) groups is 1. The topological polar surface area (TPSA) is 65.1 Å². The second kappa shape index (κ2) is 8.87. The summed E-state index contributed by atoms with van der Waals surface area (Å²) in [6, 6.07) is 10.2. The van der Waals surface area contributed by atoms with E-state index in [0.717, 1.165) is 42.6 Å². The van der Waals surface area contributed by atoms with E-state index >= 15 is 0 Å². The Morgan fingerprint density at radius 2 is 2.00 bits per heavy atom. The highest BCUT2D eigenvalue weighted by Crippen LogP contribution is 2.16. The van der Waals surface area contributed by atoms with Crippen LogP contribution in [0.3, 0.4) is 0 Å². The Morgan fingerprint density at radius 1 is 1.18 bits per heavy atom. The van der Waals surface area contributed by atoms with Crippen LogP contribution in [0, 0.1) is 0 Å². The highest BCUT2D eigenvalue weighted by molar-refractivity contribution is 5.79. The number of nitrogens with zero attached hydrogens (tertiary/aromatic N) is 2. The van der Waals surface area contributed by atoms with Crippen LogP contribution in [0.15, 0.2) is 41.5 Å². The molecule has 0 unspecified atom stereocenters. The predicted molar refractivity (Wildman–Crippen MR) is 91.8 cm³/mol. The van der Waals surface area contributed by atoms with Crippen LogP contribution in [0.25, 0.3) is 11.3 Å². The van der Waals surface area contributed by atoms with Crippen molar-refractivity contribution in [1.82, 2.24) is 20.6 Å². The van der Waals surface area contributed by atoms with E-state index in [-0.39, 0.29) is 0 Å². The molecule has 3 N–H and O–H groups in total. The van der Waals surface area contributed by atoms with Crippen molar-refractivity contribution in [3.63, 3.8) is 0 Å². The van der Waals surface area contributed by atoms with Gasteiger partial charge in [-0.15, -0.1) is 0 Å². The minimum Gasteiger partial charge on any atom is -0.357 e. The van der Waals surface area contributed by atoms with Crippen LogP contribution in [-0.4, -0.2) is 29.0 Å². The van der Waals surface area contributed by atoms with Gasteiger partial charge < -0.3 is 15.6 Å². The molecule has 0 aliphatic rings. The number of unbranched alkanes of at least 4 members (excludes halogenated alkanes) is 1. The van der Waals surface area contributed by atoms with Gasteiger partial charge in [0.2, 0.25) is 0 Å². The Labute approximate surface area is 132 Å². The van der Waals surface area contributed by atoms with Gasteiger partial charge in [-0.2, -0.15) is 0 Å². The Bertz CT molecular complexity index is 574. The average molecular weight is 299 g/mol. The molecule has 0 aliphatic carbocycles. The van der Waals surface area contributed by atoms with Crippen molar-refractivity contribution in [3.8, 4) is 11.3 Å². The lowest BCUT2D eigenvalue weighted by Gasteiger charge is -2.10. The Kier molecular flexibility index (Phi) is 6.48. The first-order chi connectivity index (χ1) is 10.8. The monoisotopic (exact) mass is 299 g/mol. The second-order valence-corrected chi connectivity index (χ2v) is 5.09. The van der Waals surface area contributed by atoms with Crippen LogP contribution in [0.5, 0.6) is 0 Å². The minimum absolute atomic E-state index is 0.536. The third-order valence-corrected chi connectivity index (χ3v) is 3.27. The Balaban J connectivity index is 1.97. The van der Waals surface area contributed by atoms with Crippen LogP contribution in [0.2, 0.25) is 0 Å². The molecule has 1 heterocycles. The molecule has 2 rings (SSSR count). The molecule has 0 radical (unpaired) electrons. The van der Waals surface area contributed by atoms with E-state index in [2.05, 4.69) is 51.6 Å². The first kappa shape index (κ1) is 16.1. The van der Waals surface area contributed by atoms with Crippen LogP contribution < -0.4 is 10.6 Å². The highest BCUT2D eigenvalue weighted by Gasteiger charge is 2.03. The number of rotatable bonds is 7. The molecule has 5 nitrogen and oxygen atoms in total. The minimum atomic E-state index is 0.536. The summed E-state index contributed by atoms with van der Waals surface area (Å²) < 4.78 is 0. The van der Waals surface area contributed by atoms with Crippen molar-refractivity contribution in [2.24, 2.45) is 4.99 Å². The molecule has 1 aromatic heterocycles. The van der Waals surface area contributed by atoms with Crippen molar-refractivity contribution >= 4 is 5.96 Å². The number of aromatic amines is 1. The van der Waals surface area contributed by atoms with E-state index in [9.17, 15) is 0 Å².